The molecule has 6 heteroatoms. The molecule has 0 radical (unpaired) electrons. The molecule has 36 heavy (non-hydrogen) atoms. The average Bonchev–Trinajstić information content (AvgIpc) is 3.43. The van der Waals surface area contributed by atoms with Crippen molar-refractivity contribution in [3.63, 3.8) is 0 Å². The van der Waals surface area contributed by atoms with Gasteiger partial charge in [0.1, 0.15) is 0 Å². The number of amides is 2. The Morgan fingerprint density at radius 2 is 1.61 bits per heavy atom. The number of likely N-dealkylation sites (tertiary alicyclic amines) is 1. The van der Waals surface area contributed by atoms with Crippen molar-refractivity contribution in [1.82, 2.24) is 4.90 Å². The van der Waals surface area contributed by atoms with E-state index in [2.05, 4.69) is 11.4 Å². The standard InChI is InChI=1S/C30H24N2O4/c33-27-29(23-12-6-7-13-25(23)31-27)26(22-15-14-20-10-4-5-11-21(20)16-22)24-18-32(28(34)30(24,35)36-29)17-19-8-2-1-3-9-19/h1-16,24,26,35H,17-18H2,(H,31,33)/t24-,26-,29+,30+/m1/s1. The molecular weight excluding hydrogens is 452 g/mol. The van der Waals surface area contributed by atoms with Gasteiger partial charge in [-0.1, -0.05) is 91.0 Å². The third-order valence-corrected chi connectivity index (χ3v) is 7.93. The predicted octanol–water partition coefficient (Wildman–Crippen LogP) is 4.15. The molecule has 2 N–H and O–H groups in total. The molecule has 0 unspecified atom stereocenters. The van der Waals surface area contributed by atoms with Crippen LogP contribution in [0.5, 0.6) is 0 Å². The molecule has 3 aliphatic rings. The number of carbonyl (C=O) groups is 2. The molecule has 0 bridgehead atoms. The molecule has 4 aromatic rings. The zero-order chi connectivity index (χ0) is 24.5. The molecule has 3 heterocycles. The summed E-state index contributed by atoms with van der Waals surface area (Å²) in [6.45, 7) is 0.640. The minimum absolute atomic E-state index is 0.277. The number of benzene rings is 4. The van der Waals surface area contributed by atoms with Gasteiger partial charge in [-0.3, -0.25) is 9.59 Å². The molecule has 0 aliphatic carbocycles. The first-order valence-corrected chi connectivity index (χ1v) is 12.2. The summed E-state index contributed by atoms with van der Waals surface area (Å²) in [5.74, 6) is -4.17. The molecule has 2 amide bonds. The van der Waals surface area contributed by atoms with Crippen molar-refractivity contribution >= 4 is 28.3 Å². The zero-order valence-corrected chi connectivity index (χ0v) is 19.4. The molecular formula is C30H24N2O4. The quantitative estimate of drug-likeness (QED) is 0.466. The van der Waals surface area contributed by atoms with Gasteiger partial charge in [-0.05, 0) is 28.0 Å². The normalized spacial score (nSPS) is 28.5. The van der Waals surface area contributed by atoms with E-state index in [1.807, 2.05) is 91.0 Å². The molecule has 178 valence electrons. The molecule has 0 aromatic heterocycles. The van der Waals surface area contributed by atoms with E-state index in [9.17, 15) is 14.7 Å². The first kappa shape index (κ1) is 21.3. The largest absolute Gasteiger partial charge is 0.358 e. The lowest BCUT2D eigenvalue weighted by Gasteiger charge is -2.32. The summed E-state index contributed by atoms with van der Waals surface area (Å²) < 4.78 is 6.37. The second kappa shape index (κ2) is 7.50. The average molecular weight is 477 g/mol. The van der Waals surface area contributed by atoms with Gasteiger partial charge in [-0.2, -0.15) is 0 Å². The summed E-state index contributed by atoms with van der Waals surface area (Å²) in [5.41, 5.74) is 1.61. The molecule has 4 aromatic carbocycles. The van der Waals surface area contributed by atoms with Gasteiger partial charge >= 0.3 is 0 Å². The van der Waals surface area contributed by atoms with E-state index >= 15 is 0 Å². The van der Waals surface area contributed by atoms with Crippen molar-refractivity contribution in [2.24, 2.45) is 5.92 Å². The maximum absolute atomic E-state index is 13.7. The van der Waals surface area contributed by atoms with Crippen LogP contribution in [0.2, 0.25) is 0 Å². The van der Waals surface area contributed by atoms with Gasteiger partial charge in [-0.15, -0.1) is 0 Å². The van der Waals surface area contributed by atoms with Crippen molar-refractivity contribution in [2.45, 2.75) is 23.9 Å². The van der Waals surface area contributed by atoms with Crippen LogP contribution in [0.4, 0.5) is 5.69 Å². The lowest BCUT2D eigenvalue weighted by molar-refractivity contribution is -0.225. The zero-order valence-electron chi connectivity index (χ0n) is 19.4. The smallest absolute Gasteiger partial charge is 0.283 e. The van der Waals surface area contributed by atoms with E-state index in [0.29, 0.717) is 17.8 Å². The molecule has 0 saturated carbocycles. The number of rotatable bonds is 3. The van der Waals surface area contributed by atoms with Crippen LogP contribution in [0.3, 0.4) is 0 Å². The third-order valence-electron chi connectivity index (χ3n) is 7.93. The van der Waals surface area contributed by atoms with E-state index in [4.69, 9.17) is 4.74 Å². The minimum Gasteiger partial charge on any atom is -0.358 e. The number of aliphatic hydroxyl groups is 1. The lowest BCUT2D eigenvalue weighted by atomic mass is 9.72. The van der Waals surface area contributed by atoms with Crippen LogP contribution in [-0.4, -0.2) is 34.2 Å². The highest BCUT2D eigenvalue weighted by molar-refractivity contribution is 6.07. The SMILES string of the molecule is O=C1N(Cc2ccccc2)C[C@@H]2[C@@H](c3ccc4ccccc4c3)[C@]3(O[C@]12O)C(=O)Nc1ccccc13. The first-order chi connectivity index (χ1) is 17.5. The van der Waals surface area contributed by atoms with Gasteiger partial charge in [0.25, 0.3) is 17.6 Å². The van der Waals surface area contributed by atoms with Crippen molar-refractivity contribution < 1.29 is 19.4 Å². The Labute approximate surface area is 208 Å². The van der Waals surface area contributed by atoms with Gasteiger partial charge in [-0.25, -0.2) is 0 Å². The summed E-state index contributed by atoms with van der Waals surface area (Å²) in [6, 6.07) is 31.1. The summed E-state index contributed by atoms with van der Waals surface area (Å²) in [7, 11) is 0. The van der Waals surface area contributed by atoms with Crippen LogP contribution in [0.1, 0.15) is 22.6 Å². The van der Waals surface area contributed by atoms with Crippen LogP contribution in [-0.2, 0) is 26.5 Å². The Morgan fingerprint density at radius 1 is 0.889 bits per heavy atom. The summed E-state index contributed by atoms with van der Waals surface area (Å²) in [4.78, 5) is 29.0. The monoisotopic (exact) mass is 476 g/mol. The number of ether oxygens (including phenoxy) is 1. The van der Waals surface area contributed by atoms with Gasteiger partial charge in [0, 0.05) is 30.3 Å². The Balaban J connectivity index is 1.39. The van der Waals surface area contributed by atoms with Gasteiger partial charge in [0.05, 0.1) is 5.92 Å². The molecule has 6 nitrogen and oxygen atoms in total. The Kier molecular flexibility index (Phi) is 4.44. The second-order valence-electron chi connectivity index (χ2n) is 9.90. The topological polar surface area (TPSA) is 78.9 Å². The Morgan fingerprint density at radius 3 is 2.44 bits per heavy atom. The molecule has 7 rings (SSSR count). The number of carbonyl (C=O) groups excluding carboxylic acids is 2. The molecule has 2 saturated heterocycles. The number of para-hydroxylation sites is 1. The van der Waals surface area contributed by atoms with Crippen molar-refractivity contribution in [3.8, 4) is 0 Å². The second-order valence-corrected chi connectivity index (χ2v) is 9.90. The van der Waals surface area contributed by atoms with E-state index in [1.54, 1.807) is 4.90 Å². The fourth-order valence-corrected chi connectivity index (χ4v) is 6.34. The highest BCUT2D eigenvalue weighted by atomic mass is 16.7. The Hall–Kier alpha value is -4.00. The van der Waals surface area contributed by atoms with Gasteiger partial charge in [0.15, 0.2) is 5.60 Å². The van der Waals surface area contributed by atoms with E-state index < -0.39 is 29.1 Å². The van der Waals surface area contributed by atoms with E-state index in [0.717, 1.165) is 21.9 Å². The van der Waals surface area contributed by atoms with Gasteiger partial charge < -0.3 is 20.1 Å². The third kappa shape index (κ3) is 2.80. The maximum Gasteiger partial charge on any atom is 0.283 e. The van der Waals surface area contributed by atoms with E-state index in [-0.39, 0.29) is 12.5 Å². The van der Waals surface area contributed by atoms with Crippen LogP contribution in [0.15, 0.2) is 97.1 Å². The number of hydrogen-bond donors (Lipinski definition) is 2. The number of hydrogen-bond acceptors (Lipinski definition) is 4. The molecule has 4 atom stereocenters. The number of nitrogens with zero attached hydrogens (tertiary/aromatic N) is 1. The van der Waals surface area contributed by atoms with E-state index in [1.165, 1.54) is 0 Å². The first-order valence-electron chi connectivity index (χ1n) is 12.2. The molecule has 2 fully saturated rings. The maximum atomic E-state index is 13.7. The van der Waals surface area contributed by atoms with Crippen LogP contribution < -0.4 is 5.32 Å². The lowest BCUT2D eigenvalue weighted by Crippen LogP contribution is -2.47. The fourth-order valence-electron chi connectivity index (χ4n) is 6.34. The van der Waals surface area contributed by atoms with Crippen LogP contribution in [0, 0.1) is 5.92 Å². The number of fused-ring (bicyclic) bond motifs is 4. The summed E-state index contributed by atoms with van der Waals surface area (Å²) in [6.07, 6.45) is 0. The summed E-state index contributed by atoms with van der Waals surface area (Å²) >= 11 is 0. The number of nitrogens with one attached hydrogen (secondary N) is 1. The highest BCUT2D eigenvalue weighted by Crippen LogP contribution is 2.62. The van der Waals surface area contributed by atoms with Crippen molar-refractivity contribution in [2.75, 3.05) is 11.9 Å². The highest BCUT2D eigenvalue weighted by Gasteiger charge is 2.74. The number of anilines is 1. The summed E-state index contributed by atoms with van der Waals surface area (Å²) in [5, 5.41) is 16.9. The Bertz CT molecular complexity index is 1540. The van der Waals surface area contributed by atoms with Crippen molar-refractivity contribution in [1.29, 1.82) is 0 Å². The van der Waals surface area contributed by atoms with Crippen LogP contribution in [0.25, 0.3) is 10.8 Å². The molecule has 1 spiro atoms. The predicted molar refractivity (Wildman–Crippen MR) is 135 cm³/mol. The molecule has 3 aliphatic heterocycles. The van der Waals surface area contributed by atoms with Gasteiger partial charge in [0.2, 0.25) is 0 Å². The fraction of sp³-hybridized carbons (Fsp3) is 0.200. The van der Waals surface area contributed by atoms with Crippen LogP contribution >= 0.6 is 0 Å². The van der Waals surface area contributed by atoms with Crippen molar-refractivity contribution in [3.05, 3.63) is 114 Å². The minimum atomic E-state index is -2.11.